The van der Waals surface area contributed by atoms with Crippen LogP contribution >= 0.6 is 0 Å². The van der Waals surface area contributed by atoms with Gasteiger partial charge in [-0.25, -0.2) is 0 Å². The normalized spacial score (nSPS) is 13.1. The minimum absolute atomic E-state index is 0.0539. The van der Waals surface area contributed by atoms with E-state index in [2.05, 4.69) is 35.7 Å². The lowest BCUT2D eigenvalue weighted by atomic mass is 10.2. The SMILES string of the molecule is C=CC(=O)C(CN(C)CCN(C)CC)NC. The second-order valence-electron chi connectivity index (χ2n) is 4.11. The maximum atomic E-state index is 11.5. The van der Waals surface area contributed by atoms with E-state index in [1.54, 1.807) is 7.05 Å². The molecule has 0 aromatic heterocycles. The lowest BCUT2D eigenvalue weighted by Crippen LogP contribution is -2.44. The second-order valence-corrected chi connectivity index (χ2v) is 4.11. The molecule has 0 saturated carbocycles. The molecule has 0 bridgehead atoms. The molecule has 0 spiro atoms. The average molecular weight is 227 g/mol. The molecule has 94 valence electrons. The summed E-state index contributed by atoms with van der Waals surface area (Å²) in [6.07, 6.45) is 1.38. The Bertz CT molecular complexity index is 218. The van der Waals surface area contributed by atoms with Crippen LogP contribution in [0.4, 0.5) is 0 Å². The Kier molecular flexibility index (Phi) is 8.07. The van der Waals surface area contributed by atoms with Crippen LogP contribution in [-0.4, -0.2) is 68.9 Å². The zero-order valence-electron chi connectivity index (χ0n) is 11.0. The highest BCUT2D eigenvalue weighted by Crippen LogP contribution is 1.93. The minimum atomic E-state index is -0.144. The van der Waals surface area contributed by atoms with Gasteiger partial charge >= 0.3 is 0 Å². The van der Waals surface area contributed by atoms with E-state index in [1.807, 2.05) is 7.05 Å². The van der Waals surface area contributed by atoms with Crippen molar-refractivity contribution in [3.05, 3.63) is 12.7 Å². The lowest BCUT2D eigenvalue weighted by Gasteiger charge is -2.24. The molecule has 1 unspecified atom stereocenters. The third kappa shape index (κ3) is 6.00. The highest BCUT2D eigenvalue weighted by atomic mass is 16.1. The van der Waals surface area contributed by atoms with Crippen LogP contribution in [0.15, 0.2) is 12.7 Å². The second kappa shape index (κ2) is 8.44. The van der Waals surface area contributed by atoms with Crippen molar-refractivity contribution in [1.82, 2.24) is 15.1 Å². The van der Waals surface area contributed by atoms with Crippen LogP contribution in [0.2, 0.25) is 0 Å². The van der Waals surface area contributed by atoms with Gasteiger partial charge in [0.1, 0.15) is 0 Å². The van der Waals surface area contributed by atoms with Crippen LogP contribution in [-0.2, 0) is 4.79 Å². The first-order valence-electron chi connectivity index (χ1n) is 5.75. The van der Waals surface area contributed by atoms with E-state index in [1.165, 1.54) is 6.08 Å². The van der Waals surface area contributed by atoms with Gasteiger partial charge in [0.2, 0.25) is 0 Å². The Morgan fingerprint density at radius 3 is 2.38 bits per heavy atom. The standard InChI is InChI=1S/C12H25N3O/c1-6-12(16)11(13-3)10-15(5)9-8-14(4)7-2/h6,11,13H,1,7-10H2,2-5H3. The van der Waals surface area contributed by atoms with Gasteiger partial charge in [-0.15, -0.1) is 0 Å². The summed E-state index contributed by atoms with van der Waals surface area (Å²) in [7, 11) is 5.93. The van der Waals surface area contributed by atoms with Crippen molar-refractivity contribution in [1.29, 1.82) is 0 Å². The van der Waals surface area contributed by atoms with E-state index in [0.717, 1.165) is 26.2 Å². The Labute approximate surface area is 99.3 Å². The van der Waals surface area contributed by atoms with E-state index in [4.69, 9.17) is 0 Å². The van der Waals surface area contributed by atoms with Gasteiger partial charge in [0.25, 0.3) is 0 Å². The number of likely N-dealkylation sites (N-methyl/N-ethyl adjacent to an activating group) is 3. The van der Waals surface area contributed by atoms with Crippen molar-refractivity contribution in [3.63, 3.8) is 0 Å². The van der Waals surface area contributed by atoms with Crippen LogP contribution in [0.1, 0.15) is 6.92 Å². The molecule has 4 nitrogen and oxygen atoms in total. The zero-order valence-corrected chi connectivity index (χ0v) is 11.0. The third-order valence-corrected chi connectivity index (χ3v) is 2.79. The van der Waals surface area contributed by atoms with Crippen LogP contribution in [0.5, 0.6) is 0 Å². The maximum Gasteiger partial charge on any atom is 0.173 e. The van der Waals surface area contributed by atoms with Gasteiger partial charge in [-0.2, -0.15) is 0 Å². The summed E-state index contributed by atoms with van der Waals surface area (Å²) in [5.74, 6) is 0.0539. The summed E-state index contributed by atoms with van der Waals surface area (Å²) >= 11 is 0. The molecule has 0 aliphatic carbocycles. The van der Waals surface area contributed by atoms with Crippen LogP contribution in [0.25, 0.3) is 0 Å². The summed E-state index contributed by atoms with van der Waals surface area (Å²) in [4.78, 5) is 15.9. The fourth-order valence-electron chi connectivity index (χ4n) is 1.37. The highest BCUT2D eigenvalue weighted by molar-refractivity contribution is 5.93. The van der Waals surface area contributed by atoms with E-state index < -0.39 is 0 Å². The van der Waals surface area contributed by atoms with Crippen molar-refractivity contribution in [2.75, 3.05) is 47.3 Å². The number of nitrogens with zero attached hydrogens (tertiary/aromatic N) is 2. The number of ketones is 1. The molecule has 4 heteroatoms. The minimum Gasteiger partial charge on any atom is -0.309 e. The topological polar surface area (TPSA) is 35.6 Å². The van der Waals surface area contributed by atoms with Crippen molar-refractivity contribution < 1.29 is 4.79 Å². The van der Waals surface area contributed by atoms with Crippen LogP contribution < -0.4 is 5.32 Å². The van der Waals surface area contributed by atoms with Gasteiger partial charge in [0.05, 0.1) is 6.04 Å². The molecule has 0 aliphatic rings. The van der Waals surface area contributed by atoms with Gasteiger partial charge in [0, 0.05) is 19.6 Å². The van der Waals surface area contributed by atoms with Crippen molar-refractivity contribution in [2.45, 2.75) is 13.0 Å². The molecule has 0 aliphatic heterocycles. The molecule has 0 aromatic carbocycles. The van der Waals surface area contributed by atoms with Crippen LogP contribution in [0.3, 0.4) is 0 Å². The molecular weight excluding hydrogens is 202 g/mol. The molecule has 0 fully saturated rings. The largest absolute Gasteiger partial charge is 0.309 e. The number of hydrogen-bond donors (Lipinski definition) is 1. The Balaban J connectivity index is 3.96. The van der Waals surface area contributed by atoms with Gasteiger partial charge in [0.15, 0.2) is 5.78 Å². The molecule has 1 N–H and O–H groups in total. The molecule has 0 rings (SSSR count). The molecular formula is C12H25N3O. The monoisotopic (exact) mass is 227 g/mol. The van der Waals surface area contributed by atoms with E-state index in [0.29, 0.717) is 0 Å². The number of nitrogens with one attached hydrogen (secondary N) is 1. The molecule has 0 aromatic rings. The zero-order chi connectivity index (χ0) is 12.6. The first kappa shape index (κ1) is 15.3. The molecule has 1 atom stereocenters. The van der Waals surface area contributed by atoms with E-state index in [9.17, 15) is 4.79 Å². The average Bonchev–Trinajstić information content (AvgIpc) is 2.31. The lowest BCUT2D eigenvalue weighted by molar-refractivity contribution is -0.116. The summed E-state index contributed by atoms with van der Waals surface area (Å²) < 4.78 is 0. The first-order valence-corrected chi connectivity index (χ1v) is 5.75. The summed E-state index contributed by atoms with van der Waals surface area (Å²) in [5, 5.41) is 3.01. The number of rotatable bonds is 9. The smallest absolute Gasteiger partial charge is 0.173 e. The summed E-state index contributed by atoms with van der Waals surface area (Å²) in [6, 6.07) is -0.144. The fourth-order valence-corrected chi connectivity index (χ4v) is 1.37. The molecule has 0 amide bonds. The number of carbonyl (C=O) groups excluding carboxylic acids is 1. The summed E-state index contributed by atoms with van der Waals surface area (Å²) in [5.41, 5.74) is 0. The van der Waals surface area contributed by atoms with Crippen molar-refractivity contribution in [2.24, 2.45) is 0 Å². The Hall–Kier alpha value is -0.710. The number of hydrogen-bond acceptors (Lipinski definition) is 4. The van der Waals surface area contributed by atoms with Crippen molar-refractivity contribution >= 4 is 5.78 Å². The molecule has 0 saturated heterocycles. The van der Waals surface area contributed by atoms with Crippen molar-refractivity contribution in [3.8, 4) is 0 Å². The molecule has 0 heterocycles. The van der Waals surface area contributed by atoms with Gasteiger partial charge in [-0.1, -0.05) is 13.5 Å². The van der Waals surface area contributed by atoms with E-state index in [-0.39, 0.29) is 11.8 Å². The Morgan fingerprint density at radius 1 is 1.38 bits per heavy atom. The highest BCUT2D eigenvalue weighted by Gasteiger charge is 2.15. The summed E-state index contributed by atoms with van der Waals surface area (Å²) in [6.45, 7) is 9.40. The fraction of sp³-hybridized carbons (Fsp3) is 0.750. The van der Waals surface area contributed by atoms with Gasteiger partial charge in [-0.3, -0.25) is 4.79 Å². The molecule has 0 radical (unpaired) electrons. The maximum absolute atomic E-state index is 11.5. The van der Waals surface area contributed by atoms with E-state index >= 15 is 0 Å². The predicted molar refractivity (Wildman–Crippen MR) is 68.7 cm³/mol. The third-order valence-electron chi connectivity index (χ3n) is 2.79. The van der Waals surface area contributed by atoms with Gasteiger partial charge in [-0.05, 0) is 33.8 Å². The van der Waals surface area contributed by atoms with Gasteiger partial charge < -0.3 is 15.1 Å². The van der Waals surface area contributed by atoms with Crippen LogP contribution in [0, 0.1) is 0 Å². The predicted octanol–water partition coefficient (Wildman–Crippen LogP) is 0.213. The Morgan fingerprint density at radius 2 is 1.94 bits per heavy atom. The molecule has 16 heavy (non-hydrogen) atoms. The number of carbonyl (C=O) groups is 1. The quantitative estimate of drug-likeness (QED) is 0.571. The first-order chi connectivity index (χ1) is 7.54.